The second-order valence-corrected chi connectivity index (χ2v) is 7.94. The minimum absolute atomic E-state index is 0.0397. The average Bonchev–Trinajstić information content (AvgIpc) is 3.52. The van der Waals surface area contributed by atoms with Crippen molar-refractivity contribution < 1.29 is 0 Å². The molecule has 1 aliphatic rings. The number of hydrogen-bond donors (Lipinski definition) is 0. The largest absolute Gasteiger partial charge is 0.289 e. The smallest absolute Gasteiger partial charge is 0.262 e. The number of benzene rings is 2. The Balaban J connectivity index is 1.53. The van der Waals surface area contributed by atoms with E-state index in [9.17, 15) is 4.79 Å². The van der Waals surface area contributed by atoms with Gasteiger partial charge in [0, 0.05) is 19.6 Å². The molecule has 0 amide bonds. The van der Waals surface area contributed by atoms with Crippen LogP contribution in [0.1, 0.15) is 36.7 Å². The molecule has 1 fully saturated rings. The van der Waals surface area contributed by atoms with Gasteiger partial charge in [0.2, 0.25) is 5.78 Å². The third-order valence-corrected chi connectivity index (χ3v) is 5.92. The fourth-order valence-corrected chi connectivity index (χ4v) is 4.04. The first-order valence-corrected chi connectivity index (χ1v) is 10.3. The third kappa shape index (κ3) is 3.23. The van der Waals surface area contributed by atoms with Gasteiger partial charge < -0.3 is 0 Å². The van der Waals surface area contributed by atoms with Crippen LogP contribution in [0.25, 0.3) is 16.7 Å². The van der Waals surface area contributed by atoms with Crippen molar-refractivity contribution in [3.8, 4) is 0 Å². The van der Waals surface area contributed by atoms with Gasteiger partial charge in [0.15, 0.2) is 5.82 Å². The van der Waals surface area contributed by atoms with Crippen LogP contribution in [-0.2, 0) is 26.6 Å². The van der Waals surface area contributed by atoms with Gasteiger partial charge in [-0.3, -0.25) is 18.7 Å². The van der Waals surface area contributed by atoms with Gasteiger partial charge in [-0.2, -0.15) is 0 Å². The Kier molecular flexibility index (Phi) is 4.43. The molecule has 0 aliphatic heterocycles. The summed E-state index contributed by atoms with van der Waals surface area (Å²) < 4.78 is 3.62. The summed E-state index contributed by atoms with van der Waals surface area (Å²) in [7, 11) is 1.76. The monoisotopic (exact) mass is 387 g/mol. The van der Waals surface area contributed by atoms with E-state index in [2.05, 4.69) is 46.3 Å². The second kappa shape index (κ2) is 7.12. The first-order valence-electron chi connectivity index (χ1n) is 10.3. The van der Waals surface area contributed by atoms with Crippen molar-refractivity contribution in [1.82, 2.24) is 24.1 Å². The summed E-state index contributed by atoms with van der Waals surface area (Å²) in [5.41, 5.74) is 3.51. The molecular formula is C23H25N5O. The zero-order chi connectivity index (χ0) is 20.0. The van der Waals surface area contributed by atoms with Crippen molar-refractivity contribution >= 4 is 16.7 Å². The van der Waals surface area contributed by atoms with Crippen LogP contribution in [0.15, 0.2) is 53.3 Å². The molecule has 0 spiro atoms. The first kappa shape index (κ1) is 18.1. The molecule has 0 N–H and O–H groups in total. The van der Waals surface area contributed by atoms with Crippen LogP contribution in [-0.4, -0.2) is 30.1 Å². The second-order valence-electron chi connectivity index (χ2n) is 7.94. The van der Waals surface area contributed by atoms with Crippen molar-refractivity contribution in [1.29, 1.82) is 0 Å². The lowest BCUT2D eigenvalue weighted by Gasteiger charge is -2.21. The van der Waals surface area contributed by atoms with Gasteiger partial charge in [-0.05, 0) is 42.5 Å². The molecule has 6 nitrogen and oxygen atoms in total. The molecule has 6 heteroatoms. The van der Waals surface area contributed by atoms with Crippen molar-refractivity contribution in [2.24, 2.45) is 7.05 Å². The Morgan fingerprint density at radius 2 is 1.72 bits per heavy atom. The fourth-order valence-electron chi connectivity index (χ4n) is 4.04. The molecule has 29 heavy (non-hydrogen) atoms. The molecule has 2 heterocycles. The van der Waals surface area contributed by atoms with Crippen LogP contribution in [0.2, 0.25) is 0 Å². The predicted molar refractivity (Wildman–Crippen MR) is 114 cm³/mol. The molecule has 0 saturated heterocycles. The number of aromatic nitrogens is 4. The Morgan fingerprint density at radius 3 is 2.45 bits per heavy atom. The van der Waals surface area contributed by atoms with Gasteiger partial charge in [-0.1, -0.05) is 43.3 Å². The Hall–Kier alpha value is -2.99. The Bertz CT molecular complexity index is 1230. The van der Waals surface area contributed by atoms with Crippen LogP contribution < -0.4 is 5.56 Å². The molecule has 5 rings (SSSR count). The molecule has 0 atom stereocenters. The van der Waals surface area contributed by atoms with E-state index in [1.54, 1.807) is 11.6 Å². The van der Waals surface area contributed by atoms with Crippen molar-refractivity contribution in [2.75, 3.05) is 0 Å². The van der Waals surface area contributed by atoms with Crippen LogP contribution >= 0.6 is 0 Å². The minimum atomic E-state index is -0.0397. The summed E-state index contributed by atoms with van der Waals surface area (Å²) in [4.78, 5) is 15.1. The molecule has 0 bridgehead atoms. The highest BCUT2D eigenvalue weighted by Crippen LogP contribution is 2.30. The zero-order valence-corrected chi connectivity index (χ0v) is 16.9. The van der Waals surface area contributed by atoms with Gasteiger partial charge in [-0.25, -0.2) is 0 Å². The predicted octanol–water partition coefficient (Wildman–Crippen LogP) is 3.31. The zero-order valence-electron chi connectivity index (χ0n) is 16.9. The standard InChI is InChI=1S/C23H25N5O/c1-3-16-8-10-17(11-9-16)14-27(18-12-13-18)15-21-24-25-23-26(2)22(29)19-6-4-5-7-20(19)28(21)23/h4-11,18H,3,12-15H2,1-2H3. The molecule has 148 valence electrons. The molecular weight excluding hydrogens is 362 g/mol. The average molecular weight is 387 g/mol. The summed E-state index contributed by atoms with van der Waals surface area (Å²) in [5, 5.41) is 9.51. The molecule has 2 aromatic heterocycles. The Morgan fingerprint density at radius 1 is 1.00 bits per heavy atom. The van der Waals surface area contributed by atoms with Crippen molar-refractivity contribution in [3.63, 3.8) is 0 Å². The molecule has 0 unspecified atom stereocenters. The maximum atomic E-state index is 12.7. The van der Waals surface area contributed by atoms with E-state index in [0.29, 0.717) is 23.8 Å². The molecule has 4 aromatic rings. The van der Waals surface area contributed by atoms with E-state index >= 15 is 0 Å². The van der Waals surface area contributed by atoms with E-state index in [4.69, 9.17) is 0 Å². The highest BCUT2D eigenvalue weighted by molar-refractivity contribution is 5.80. The van der Waals surface area contributed by atoms with E-state index in [-0.39, 0.29) is 5.56 Å². The highest BCUT2D eigenvalue weighted by Gasteiger charge is 2.30. The minimum Gasteiger partial charge on any atom is -0.289 e. The number of rotatable bonds is 6. The molecule has 0 radical (unpaired) electrons. The lowest BCUT2D eigenvalue weighted by Crippen LogP contribution is -2.27. The van der Waals surface area contributed by atoms with E-state index in [1.807, 2.05) is 28.7 Å². The van der Waals surface area contributed by atoms with Gasteiger partial charge >= 0.3 is 0 Å². The van der Waals surface area contributed by atoms with Crippen LogP contribution in [0.5, 0.6) is 0 Å². The third-order valence-electron chi connectivity index (χ3n) is 5.92. The lowest BCUT2D eigenvalue weighted by molar-refractivity contribution is 0.239. The topological polar surface area (TPSA) is 55.4 Å². The summed E-state index contributed by atoms with van der Waals surface area (Å²) in [6.45, 7) is 3.79. The quantitative estimate of drug-likeness (QED) is 0.509. The van der Waals surface area contributed by atoms with Crippen LogP contribution in [0, 0.1) is 0 Å². The maximum Gasteiger partial charge on any atom is 0.262 e. The maximum absolute atomic E-state index is 12.7. The number of aryl methyl sites for hydroxylation is 2. The lowest BCUT2D eigenvalue weighted by atomic mass is 10.1. The Labute approximate surface area is 169 Å². The number of nitrogens with zero attached hydrogens (tertiary/aromatic N) is 5. The number of fused-ring (bicyclic) bond motifs is 3. The van der Waals surface area contributed by atoms with E-state index in [0.717, 1.165) is 24.3 Å². The van der Waals surface area contributed by atoms with E-state index in [1.165, 1.54) is 24.0 Å². The molecule has 2 aromatic carbocycles. The first-order chi connectivity index (χ1) is 14.2. The number of hydrogen-bond acceptors (Lipinski definition) is 4. The van der Waals surface area contributed by atoms with Gasteiger partial charge in [0.05, 0.1) is 17.4 Å². The normalized spacial score (nSPS) is 14.3. The van der Waals surface area contributed by atoms with Gasteiger partial charge in [0.1, 0.15) is 0 Å². The summed E-state index contributed by atoms with van der Waals surface area (Å²) in [6, 6.07) is 17.2. The fraction of sp³-hybridized carbons (Fsp3) is 0.348. The molecule has 1 saturated carbocycles. The van der Waals surface area contributed by atoms with E-state index < -0.39 is 0 Å². The summed E-state index contributed by atoms with van der Waals surface area (Å²) in [6.07, 6.45) is 3.51. The van der Waals surface area contributed by atoms with Gasteiger partial charge in [-0.15, -0.1) is 10.2 Å². The van der Waals surface area contributed by atoms with Crippen LogP contribution in [0.4, 0.5) is 0 Å². The molecule has 1 aliphatic carbocycles. The van der Waals surface area contributed by atoms with Gasteiger partial charge in [0.25, 0.3) is 5.56 Å². The highest BCUT2D eigenvalue weighted by atomic mass is 16.1. The summed E-state index contributed by atoms with van der Waals surface area (Å²) in [5.74, 6) is 1.47. The van der Waals surface area contributed by atoms with Crippen molar-refractivity contribution in [2.45, 2.75) is 45.3 Å². The van der Waals surface area contributed by atoms with Crippen LogP contribution in [0.3, 0.4) is 0 Å². The number of para-hydroxylation sites is 1. The summed E-state index contributed by atoms with van der Waals surface area (Å²) >= 11 is 0. The van der Waals surface area contributed by atoms with Crippen molar-refractivity contribution in [3.05, 3.63) is 75.8 Å². The SMILES string of the molecule is CCc1ccc(CN(Cc2nnc3n(C)c(=O)c4ccccc4n23)C2CC2)cc1.